The molecule has 3 atom stereocenters. The first-order chi connectivity index (χ1) is 10.2. The van der Waals surface area contributed by atoms with Gasteiger partial charge < -0.3 is 10.0 Å². The quantitative estimate of drug-likeness (QED) is 0.910. The van der Waals surface area contributed by atoms with Gasteiger partial charge in [0.25, 0.3) is 0 Å². The molecule has 1 aliphatic heterocycles. The van der Waals surface area contributed by atoms with Gasteiger partial charge in [-0.05, 0) is 56.6 Å². The highest BCUT2D eigenvalue weighted by Crippen LogP contribution is 2.35. The van der Waals surface area contributed by atoms with Gasteiger partial charge in [-0.1, -0.05) is 31.0 Å². The van der Waals surface area contributed by atoms with Crippen LogP contribution in [0.5, 0.6) is 0 Å². The van der Waals surface area contributed by atoms with E-state index in [4.69, 9.17) is 0 Å². The van der Waals surface area contributed by atoms with Crippen LogP contribution in [-0.2, 0) is 6.42 Å². The van der Waals surface area contributed by atoms with Gasteiger partial charge in [-0.15, -0.1) is 0 Å². The normalized spacial score (nSPS) is 29.3. The second-order valence-corrected chi connectivity index (χ2v) is 7.10. The molecule has 1 aromatic carbocycles. The highest BCUT2D eigenvalue weighted by Gasteiger charge is 2.30. The van der Waals surface area contributed by atoms with Crippen molar-refractivity contribution in [1.29, 1.82) is 0 Å². The first-order valence-corrected chi connectivity index (χ1v) is 8.70. The van der Waals surface area contributed by atoms with E-state index in [2.05, 4.69) is 36.9 Å². The fraction of sp³-hybridized carbons (Fsp3) is 0.684. The van der Waals surface area contributed by atoms with Crippen molar-refractivity contribution >= 4 is 5.69 Å². The Bertz CT molecular complexity index is 484. The van der Waals surface area contributed by atoms with Gasteiger partial charge in [-0.2, -0.15) is 0 Å². The Morgan fingerprint density at radius 2 is 2.14 bits per heavy atom. The summed E-state index contributed by atoms with van der Waals surface area (Å²) in [5.74, 6) is 1.27. The SMILES string of the molecule is CCC1CCC(O)C(CN2CCCc3cc(C)ccc32)C1. The average Bonchev–Trinajstić information content (AvgIpc) is 2.49. The molecule has 0 bridgehead atoms. The van der Waals surface area contributed by atoms with Crippen LogP contribution in [0, 0.1) is 18.8 Å². The van der Waals surface area contributed by atoms with Crippen molar-refractivity contribution in [3.63, 3.8) is 0 Å². The lowest BCUT2D eigenvalue weighted by atomic mass is 9.78. The largest absolute Gasteiger partial charge is 0.393 e. The Hall–Kier alpha value is -1.02. The van der Waals surface area contributed by atoms with Crippen LogP contribution in [0.15, 0.2) is 18.2 Å². The molecule has 0 saturated heterocycles. The van der Waals surface area contributed by atoms with Crippen LogP contribution in [0.25, 0.3) is 0 Å². The van der Waals surface area contributed by atoms with Crippen molar-refractivity contribution in [2.75, 3.05) is 18.0 Å². The second kappa shape index (κ2) is 6.39. The number of hydrogen-bond donors (Lipinski definition) is 1. The third kappa shape index (κ3) is 3.26. The Morgan fingerprint density at radius 3 is 2.95 bits per heavy atom. The highest BCUT2D eigenvalue weighted by molar-refractivity contribution is 5.56. The second-order valence-electron chi connectivity index (χ2n) is 7.10. The third-order valence-electron chi connectivity index (χ3n) is 5.53. The number of hydrogen-bond acceptors (Lipinski definition) is 2. The van der Waals surface area contributed by atoms with Gasteiger partial charge in [0.1, 0.15) is 0 Å². The molecule has 2 nitrogen and oxygen atoms in total. The third-order valence-corrected chi connectivity index (χ3v) is 5.53. The molecule has 0 spiro atoms. The number of rotatable bonds is 3. The molecular weight excluding hydrogens is 258 g/mol. The van der Waals surface area contributed by atoms with E-state index in [9.17, 15) is 5.11 Å². The van der Waals surface area contributed by atoms with Crippen LogP contribution in [-0.4, -0.2) is 24.3 Å². The van der Waals surface area contributed by atoms with Crippen LogP contribution in [0.2, 0.25) is 0 Å². The van der Waals surface area contributed by atoms with Crippen LogP contribution in [0.4, 0.5) is 5.69 Å². The lowest BCUT2D eigenvalue weighted by molar-refractivity contribution is 0.0504. The standard InChI is InChI=1S/C19H29NO/c1-3-15-7-9-19(21)17(12-15)13-20-10-4-5-16-11-14(2)6-8-18(16)20/h6,8,11,15,17,19,21H,3-5,7,9-10,12-13H2,1-2H3. The molecule has 1 aliphatic carbocycles. The number of aryl methyl sites for hydroxylation is 2. The maximum Gasteiger partial charge on any atom is 0.0585 e. The number of nitrogens with zero attached hydrogens (tertiary/aromatic N) is 1. The fourth-order valence-electron chi connectivity index (χ4n) is 4.19. The molecule has 0 amide bonds. The molecule has 1 N–H and O–H groups in total. The van der Waals surface area contributed by atoms with E-state index in [1.807, 2.05) is 0 Å². The van der Waals surface area contributed by atoms with E-state index in [0.717, 1.165) is 25.4 Å². The van der Waals surface area contributed by atoms with Crippen LogP contribution < -0.4 is 4.90 Å². The molecule has 1 fully saturated rings. The summed E-state index contributed by atoms with van der Waals surface area (Å²) in [6, 6.07) is 6.85. The molecular formula is C19H29NO. The number of aliphatic hydroxyl groups is 1. The average molecular weight is 287 g/mol. The fourth-order valence-corrected chi connectivity index (χ4v) is 4.19. The van der Waals surface area contributed by atoms with Gasteiger partial charge in [0.05, 0.1) is 6.10 Å². The molecule has 1 aromatic rings. The lowest BCUT2D eigenvalue weighted by Gasteiger charge is -2.39. The zero-order chi connectivity index (χ0) is 14.8. The van der Waals surface area contributed by atoms with E-state index in [1.165, 1.54) is 48.9 Å². The predicted octanol–water partition coefficient (Wildman–Crippen LogP) is 3.93. The Morgan fingerprint density at radius 1 is 1.29 bits per heavy atom. The van der Waals surface area contributed by atoms with Gasteiger partial charge in [0, 0.05) is 24.7 Å². The molecule has 116 valence electrons. The Labute approximate surface area is 129 Å². The van der Waals surface area contributed by atoms with Gasteiger partial charge in [0.15, 0.2) is 0 Å². The lowest BCUT2D eigenvalue weighted by Crippen LogP contribution is -2.41. The number of aliphatic hydroxyl groups excluding tert-OH is 1. The first kappa shape index (κ1) is 14.9. The van der Waals surface area contributed by atoms with Gasteiger partial charge in [0.2, 0.25) is 0 Å². The minimum atomic E-state index is -0.0939. The molecule has 3 rings (SSSR count). The van der Waals surface area contributed by atoms with E-state index < -0.39 is 0 Å². The molecule has 1 saturated carbocycles. The molecule has 0 radical (unpaired) electrons. The van der Waals surface area contributed by atoms with Gasteiger partial charge in [-0.3, -0.25) is 0 Å². The predicted molar refractivity (Wildman–Crippen MR) is 88.8 cm³/mol. The maximum atomic E-state index is 10.4. The van der Waals surface area contributed by atoms with Crippen LogP contribution in [0.3, 0.4) is 0 Å². The Kier molecular flexibility index (Phi) is 4.54. The summed E-state index contributed by atoms with van der Waals surface area (Å²) in [7, 11) is 0. The smallest absolute Gasteiger partial charge is 0.0585 e. The molecule has 21 heavy (non-hydrogen) atoms. The van der Waals surface area contributed by atoms with E-state index in [1.54, 1.807) is 0 Å². The highest BCUT2D eigenvalue weighted by atomic mass is 16.3. The minimum Gasteiger partial charge on any atom is -0.393 e. The number of anilines is 1. The topological polar surface area (TPSA) is 23.5 Å². The summed E-state index contributed by atoms with van der Waals surface area (Å²) in [4.78, 5) is 2.53. The first-order valence-electron chi connectivity index (χ1n) is 8.70. The van der Waals surface area contributed by atoms with Crippen molar-refractivity contribution < 1.29 is 5.11 Å². The monoisotopic (exact) mass is 287 g/mol. The zero-order valence-corrected chi connectivity index (χ0v) is 13.5. The summed E-state index contributed by atoms with van der Waals surface area (Å²) in [5, 5.41) is 10.4. The molecule has 3 unspecified atom stereocenters. The van der Waals surface area contributed by atoms with Crippen molar-refractivity contribution in [2.45, 2.75) is 58.5 Å². The molecule has 1 heterocycles. The minimum absolute atomic E-state index is 0.0939. The molecule has 2 heteroatoms. The van der Waals surface area contributed by atoms with E-state index in [-0.39, 0.29) is 6.10 Å². The van der Waals surface area contributed by atoms with Gasteiger partial charge >= 0.3 is 0 Å². The van der Waals surface area contributed by atoms with Crippen molar-refractivity contribution in [3.05, 3.63) is 29.3 Å². The van der Waals surface area contributed by atoms with Crippen molar-refractivity contribution in [1.82, 2.24) is 0 Å². The molecule has 2 aliphatic rings. The van der Waals surface area contributed by atoms with Crippen molar-refractivity contribution in [3.8, 4) is 0 Å². The number of benzene rings is 1. The maximum absolute atomic E-state index is 10.4. The summed E-state index contributed by atoms with van der Waals surface area (Å²) >= 11 is 0. The van der Waals surface area contributed by atoms with Crippen LogP contribution in [0.1, 0.15) is 50.2 Å². The summed E-state index contributed by atoms with van der Waals surface area (Å²) in [6.45, 7) is 6.65. The summed E-state index contributed by atoms with van der Waals surface area (Å²) in [6.07, 6.45) is 7.04. The van der Waals surface area contributed by atoms with E-state index >= 15 is 0 Å². The Balaban J connectivity index is 1.73. The van der Waals surface area contributed by atoms with Crippen LogP contribution >= 0.6 is 0 Å². The zero-order valence-electron chi connectivity index (χ0n) is 13.5. The summed E-state index contributed by atoms with van der Waals surface area (Å²) < 4.78 is 0. The number of fused-ring (bicyclic) bond motifs is 1. The molecule has 0 aromatic heterocycles. The summed E-state index contributed by atoms with van der Waals surface area (Å²) in [5.41, 5.74) is 4.27. The van der Waals surface area contributed by atoms with Gasteiger partial charge in [-0.25, -0.2) is 0 Å². The van der Waals surface area contributed by atoms with Crippen molar-refractivity contribution in [2.24, 2.45) is 11.8 Å². The van der Waals surface area contributed by atoms with E-state index in [0.29, 0.717) is 5.92 Å².